The second-order valence-corrected chi connectivity index (χ2v) is 3.83. The Morgan fingerprint density at radius 1 is 1.36 bits per heavy atom. The Kier molecular flexibility index (Phi) is 3.92. The Balaban J connectivity index is 3.01. The number of aliphatic hydroxyl groups is 2. The molecule has 3 nitrogen and oxygen atoms in total. The maximum Gasteiger partial charge on any atom is 0.124 e. The van der Waals surface area contributed by atoms with Gasteiger partial charge in [0, 0.05) is 10.9 Å². The standard InChI is InChI=1S/C10H13BrO3/c1-6-3-2-4-7(9(6)13)10(14)8(12)5-11/h2-4,8,10,12-14H,5H2,1H3. The van der Waals surface area contributed by atoms with Crippen LogP contribution in [0.2, 0.25) is 0 Å². The van der Waals surface area contributed by atoms with Crippen molar-refractivity contribution >= 4 is 15.9 Å². The maximum absolute atomic E-state index is 9.65. The SMILES string of the molecule is Cc1cccc(C(O)C(O)CBr)c1O. The molecule has 14 heavy (non-hydrogen) atoms. The molecule has 2 atom stereocenters. The van der Waals surface area contributed by atoms with Gasteiger partial charge >= 0.3 is 0 Å². The summed E-state index contributed by atoms with van der Waals surface area (Å²) in [7, 11) is 0. The molecule has 0 aliphatic heterocycles. The van der Waals surface area contributed by atoms with Gasteiger partial charge < -0.3 is 15.3 Å². The van der Waals surface area contributed by atoms with Gasteiger partial charge in [0.1, 0.15) is 11.9 Å². The van der Waals surface area contributed by atoms with Crippen LogP contribution in [0.3, 0.4) is 0 Å². The van der Waals surface area contributed by atoms with Gasteiger partial charge in [0.05, 0.1) is 6.10 Å². The van der Waals surface area contributed by atoms with Crippen LogP contribution in [-0.2, 0) is 0 Å². The number of para-hydroxylation sites is 1. The molecule has 2 unspecified atom stereocenters. The van der Waals surface area contributed by atoms with Crippen LogP contribution in [0, 0.1) is 6.92 Å². The summed E-state index contributed by atoms with van der Waals surface area (Å²) in [4.78, 5) is 0. The van der Waals surface area contributed by atoms with Crippen molar-refractivity contribution in [3.05, 3.63) is 29.3 Å². The van der Waals surface area contributed by atoms with E-state index >= 15 is 0 Å². The smallest absolute Gasteiger partial charge is 0.124 e. The monoisotopic (exact) mass is 260 g/mol. The van der Waals surface area contributed by atoms with Crippen LogP contribution < -0.4 is 0 Å². The second kappa shape index (κ2) is 4.77. The number of benzene rings is 1. The van der Waals surface area contributed by atoms with E-state index in [1.165, 1.54) is 0 Å². The molecule has 0 amide bonds. The molecule has 3 N–H and O–H groups in total. The number of phenolic OH excluding ortho intramolecular Hbond substituents is 1. The fourth-order valence-corrected chi connectivity index (χ4v) is 1.57. The fraction of sp³-hybridized carbons (Fsp3) is 0.400. The Bertz CT molecular complexity index is 314. The maximum atomic E-state index is 9.65. The van der Waals surface area contributed by atoms with Gasteiger partial charge in [-0.05, 0) is 12.5 Å². The van der Waals surface area contributed by atoms with Crippen molar-refractivity contribution in [2.75, 3.05) is 5.33 Å². The van der Waals surface area contributed by atoms with Crippen molar-refractivity contribution in [2.45, 2.75) is 19.1 Å². The summed E-state index contributed by atoms with van der Waals surface area (Å²) in [5.74, 6) is 0.0417. The van der Waals surface area contributed by atoms with E-state index in [1.54, 1.807) is 25.1 Å². The van der Waals surface area contributed by atoms with Crippen LogP contribution >= 0.6 is 15.9 Å². The van der Waals surface area contributed by atoms with Crippen molar-refractivity contribution in [1.82, 2.24) is 0 Å². The average Bonchev–Trinajstić information content (AvgIpc) is 2.20. The highest BCUT2D eigenvalue weighted by Gasteiger charge is 2.20. The first kappa shape index (κ1) is 11.5. The Hall–Kier alpha value is -0.580. The van der Waals surface area contributed by atoms with Crippen molar-refractivity contribution in [2.24, 2.45) is 0 Å². The molecule has 0 radical (unpaired) electrons. The highest BCUT2D eigenvalue weighted by atomic mass is 79.9. The number of phenols is 1. The highest BCUT2D eigenvalue weighted by Crippen LogP contribution is 2.29. The number of halogens is 1. The first-order valence-corrected chi connectivity index (χ1v) is 5.40. The molecular formula is C10H13BrO3. The molecule has 0 aliphatic carbocycles. The lowest BCUT2D eigenvalue weighted by atomic mass is 10.0. The number of aryl methyl sites for hydroxylation is 1. The summed E-state index contributed by atoms with van der Waals surface area (Å²) in [5.41, 5.74) is 1.04. The fourth-order valence-electron chi connectivity index (χ4n) is 1.21. The van der Waals surface area contributed by atoms with E-state index in [9.17, 15) is 15.3 Å². The van der Waals surface area contributed by atoms with Gasteiger partial charge in [0.25, 0.3) is 0 Å². The van der Waals surface area contributed by atoms with Crippen LogP contribution in [-0.4, -0.2) is 26.8 Å². The Labute approximate surface area is 91.1 Å². The first-order chi connectivity index (χ1) is 6.57. The summed E-state index contributed by atoms with van der Waals surface area (Å²) in [5, 5.41) is 28.9. The summed E-state index contributed by atoms with van der Waals surface area (Å²) in [6.07, 6.45) is -1.98. The molecule has 1 aromatic carbocycles. The van der Waals surface area contributed by atoms with E-state index in [2.05, 4.69) is 15.9 Å². The number of alkyl halides is 1. The number of aliphatic hydroxyl groups excluding tert-OH is 2. The molecular weight excluding hydrogens is 248 g/mol. The molecule has 1 rings (SSSR count). The van der Waals surface area contributed by atoms with E-state index < -0.39 is 12.2 Å². The zero-order valence-electron chi connectivity index (χ0n) is 7.81. The summed E-state index contributed by atoms with van der Waals surface area (Å²) in [6, 6.07) is 5.07. The topological polar surface area (TPSA) is 60.7 Å². The molecule has 0 saturated carbocycles. The van der Waals surface area contributed by atoms with Crippen molar-refractivity contribution in [1.29, 1.82) is 0 Å². The summed E-state index contributed by atoms with van der Waals surface area (Å²) in [6.45, 7) is 1.74. The molecule has 0 aromatic heterocycles. The van der Waals surface area contributed by atoms with E-state index in [0.29, 0.717) is 11.1 Å². The van der Waals surface area contributed by atoms with E-state index in [-0.39, 0.29) is 11.1 Å². The second-order valence-electron chi connectivity index (χ2n) is 3.18. The number of hydrogen-bond acceptors (Lipinski definition) is 3. The number of rotatable bonds is 3. The lowest BCUT2D eigenvalue weighted by Crippen LogP contribution is -2.19. The third kappa shape index (κ3) is 2.26. The molecule has 0 heterocycles. The largest absolute Gasteiger partial charge is 0.507 e. The Morgan fingerprint density at radius 2 is 2.00 bits per heavy atom. The summed E-state index contributed by atoms with van der Waals surface area (Å²) >= 11 is 3.06. The van der Waals surface area contributed by atoms with Gasteiger partial charge in [-0.25, -0.2) is 0 Å². The van der Waals surface area contributed by atoms with Crippen LogP contribution in [0.25, 0.3) is 0 Å². The van der Waals surface area contributed by atoms with Crippen LogP contribution in [0.1, 0.15) is 17.2 Å². The molecule has 78 valence electrons. The zero-order valence-corrected chi connectivity index (χ0v) is 9.40. The normalized spacial score (nSPS) is 15.1. The Morgan fingerprint density at radius 3 is 2.57 bits per heavy atom. The molecule has 0 aliphatic rings. The molecule has 0 bridgehead atoms. The minimum absolute atomic E-state index is 0.0417. The van der Waals surface area contributed by atoms with Crippen LogP contribution in [0.5, 0.6) is 5.75 Å². The van der Waals surface area contributed by atoms with Crippen molar-refractivity contribution in [3.8, 4) is 5.75 Å². The first-order valence-electron chi connectivity index (χ1n) is 4.28. The quantitative estimate of drug-likeness (QED) is 0.722. The lowest BCUT2D eigenvalue weighted by Gasteiger charge is -2.17. The third-order valence-electron chi connectivity index (χ3n) is 2.11. The van der Waals surface area contributed by atoms with Crippen LogP contribution in [0.15, 0.2) is 18.2 Å². The predicted octanol–water partition coefficient (Wildman–Crippen LogP) is 1.49. The molecule has 0 fully saturated rings. The molecule has 0 spiro atoms. The molecule has 4 heteroatoms. The van der Waals surface area contributed by atoms with Gasteiger partial charge in [0.15, 0.2) is 0 Å². The summed E-state index contributed by atoms with van der Waals surface area (Å²) < 4.78 is 0. The van der Waals surface area contributed by atoms with Gasteiger partial charge in [-0.1, -0.05) is 34.1 Å². The number of aromatic hydroxyl groups is 1. The van der Waals surface area contributed by atoms with Gasteiger partial charge in [0.2, 0.25) is 0 Å². The minimum atomic E-state index is -1.06. The zero-order chi connectivity index (χ0) is 10.7. The van der Waals surface area contributed by atoms with Crippen LogP contribution in [0.4, 0.5) is 0 Å². The van der Waals surface area contributed by atoms with E-state index in [4.69, 9.17) is 0 Å². The molecule has 0 saturated heterocycles. The highest BCUT2D eigenvalue weighted by molar-refractivity contribution is 9.09. The lowest BCUT2D eigenvalue weighted by molar-refractivity contribution is 0.0327. The van der Waals surface area contributed by atoms with E-state index in [1.807, 2.05) is 0 Å². The van der Waals surface area contributed by atoms with Crippen molar-refractivity contribution in [3.63, 3.8) is 0 Å². The van der Waals surface area contributed by atoms with Crippen molar-refractivity contribution < 1.29 is 15.3 Å². The van der Waals surface area contributed by atoms with Gasteiger partial charge in [-0.3, -0.25) is 0 Å². The number of hydrogen-bond donors (Lipinski definition) is 3. The average molecular weight is 261 g/mol. The van der Waals surface area contributed by atoms with Gasteiger partial charge in [-0.15, -0.1) is 0 Å². The predicted molar refractivity (Wildman–Crippen MR) is 57.6 cm³/mol. The molecule has 1 aromatic rings. The third-order valence-corrected chi connectivity index (χ3v) is 2.77. The van der Waals surface area contributed by atoms with Gasteiger partial charge in [-0.2, -0.15) is 0 Å². The van der Waals surface area contributed by atoms with E-state index in [0.717, 1.165) is 0 Å². The minimum Gasteiger partial charge on any atom is -0.507 e.